The zero-order chi connectivity index (χ0) is 36.2. The first-order valence-electron chi connectivity index (χ1n) is 18.4. The average Bonchev–Trinajstić information content (AvgIpc) is 3.56. The highest BCUT2D eigenvalue weighted by Gasteiger charge is 2.49. The molecule has 3 heterocycles. The molecular formula is C50H37N3S. The molecule has 0 radical (unpaired) electrons. The summed E-state index contributed by atoms with van der Waals surface area (Å²) in [5.74, 6) is 0. The number of anilines is 3. The molecule has 9 aromatic rings. The lowest BCUT2D eigenvalue weighted by atomic mass is 9.62. The quantitative estimate of drug-likeness (QED) is 0.179. The van der Waals surface area contributed by atoms with Gasteiger partial charge >= 0.3 is 0 Å². The van der Waals surface area contributed by atoms with Crippen LogP contribution in [0, 0.1) is 6.92 Å². The Balaban J connectivity index is 0.000000218. The van der Waals surface area contributed by atoms with Crippen molar-refractivity contribution in [3.8, 4) is 16.8 Å². The Bertz CT molecular complexity index is 2850. The van der Waals surface area contributed by atoms with Crippen molar-refractivity contribution < 1.29 is 0 Å². The van der Waals surface area contributed by atoms with Crippen molar-refractivity contribution in [2.24, 2.45) is 0 Å². The van der Waals surface area contributed by atoms with Crippen LogP contribution in [0.1, 0.15) is 27.8 Å². The minimum absolute atomic E-state index is 0.432. The lowest BCUT2D eigenvalue weighted by molar-refractivity contribution is 0.690. The second-order valence-corrected chi connectivity index (χ2v) is 15.1. The van der Waals surface area contributed by atoms with E-state index in [1.54, 1.807) is 0 Å². The number of para-hydroxylation sites is 6. The van der Waals surface area contributed by atoms with Gasteiger partial charge in [0.25, 0.3) is 0 Å². The summed E-state index contributed by atoms with van der Waals surface area (Å²) in [4.78, 5) is 2.67. The second-order valence-electron chi connectivity index (χ2n) is 14.0. The number of aromatic nitrogens is 1. The largest absolute Gasteiger partial charge is 0.397 e. The summed E-state index contributed by atoms with van der Waals surface area (Å²) in [7, 11) is 0. The van der Waals surface area contributed by atoms with E-state index >= 15 is 0 Å². The van der Waals surface area contributed by atoms with E-state index in [2.05, 4.69) is 150 Å². The molecule has 0 aliphatic carbocycles. The first-order valence-corrected chi connectivity index (χ1v) is 19.2. The molecule has 0 saturated heterocycles. The van der Waals surface area contributed by atoms with E-state index in [1.165, 1.54) is 76.2 Å². The third-order valence-electron chi connectivity index (χ3n) is 10.9. The van der Waals surface area contributed by atoms with Gasteiger partial charge in [-0.25, -0.2) is 0 Å². The topological polar surface area (TPSA) is 43.0 Å². The maximum atomic E-state index is 5.81. The first kappa shape index (κ1) is 32.2. The number of fused-ring (bicyclic) bond motifs is 11. The highest BCUT2D eigenvalue weighted by atomic mass is 32.2. The monoisotopic (exact) mass is 711 g/mol. The van der Waals surface area contributed by atoms with Crippen LogP contribution in [-0.4, -0.2) is 4.57 Å². The predicted molar refractivity (Wildman–Crippen MR) is 228 cm³/mol. The summed E-state index contributed by atoms with van der Waals surface area (Å²) in [5.41, 5.74) is 21.2. The predicted octanol–water partition coefficient (Wildman–Crippen LogP) is 12.9. The highest BCUT2D eigenvalue weighted by molar-refractivity contribution is 7.99. The zero-order valence-corrected chi connectivity index (χ0v) is 30.6. The number of benzene rings is 8. The summed E-state index contributed by atoms with van der Waals surface area (Å²) in [5, 5.41) is 5.86. The number of aryl methyl sites for hydroxylation is 1. The Morgan fingerprint density at radius 2 is 1.19 bits per heavy atom. The van der Waals surface area contributed by atoms with Gasteiger partial charge in [-0.1, -0.05) is 163 Å². The van der Waals surface area contributed by atoms with Gasteiger partial charge in [0.2, 0.25) is 0 Å². The summed E-state index contributed by atoms with van der Waals surface area (Å²) in [6.45, 7) is 2.16. The minimum atomic E-state index is -0.432. The van der Waals surface area contributed by atoms with Gasteiger partial charge in [0.1, 0.15) is 0 Å². The van der Waals surface area contributed by atoms with E-state index in [9.17, 15) is 0 Å². The molecule has 11 rings (SSSR count). The van der Waals surface area contributed by atoms with Crippen LogP contribution in [-0.2, 0) is 5.41 Å². The van der Waals surface area contributed by atoms with Crippen LogP contribution in [0.25, 0.3) is 38.6 Å². The smallest absolute Gasteiger partial charge is 0.0764 e. The number of hydrogen-bond donors (Lipinski definition) is 2. The molecule has 258 valence electrons. The summed E-state index contributed by atoms with van der Waals surface area (Å²) in [6.07, 6.45) is 0. The number of rotatable bonds is 3. The molecule has 1 spiro atoms. The van der Waals surface area contributed by atoms with Crippen molar-refractivity contribution in [3.05, 3.63) is 216 Å². The molecule has 2 aliphatic heterocycles. The van der Waals surface area contributed by atoms with Crippen molar-refractivity contribution in [1.29, 1.82) is 0 Å². The van der Waals surface area contributed by atoms with Crippen LogP contribution in [0.2, 0.25) is 0 Å². The van der Waals surface area contributed by atoms with Gasteiger partial charge in [0.15, 0.2) is 0 Å². The first-order chi connectivity index (χ1) is 26.6. The Hall–Kier alpha value is -6.49. The molecule has 1 aromatic heterocycles. The molecule has 54 heavy (non-hydrogen) atoms. The molecule has 0 fully saturated rings. The van der Waals surface area contributed by atoms with Crippen LogP contribution in [0.15, 0.2) is 198 Å². The van der Waals surface area contributed by atoms with E-state index < -0.39 is 5.41 Å². The molecule has 3 nitrogen and oxygen atoms in total. The van der Waals surface area contributed by atoms with E-state index in [0.717, 1.165) is 17.1 Å². The third-order valence-corrected chi connectivity index (χ3v) is 12.2. The van der Waals surface area contributed by atoms with Gasteiger partial charge in [-0.2, -0.15) is 0 Å². The Morgan fingerprint density at radius 1 is 0.537 bits per heavy atom. The fraction of sp³-hybridized carbons (Fsp3) is 0.0400. The zero-order valence-electron chi connectivity index (χ0n) is 29.8. The van der Waals surface area contributed by atoms with E-state index in [1.807, 2.05) is 66.4 Å². The molecule has 2 aliphatic rings. The van der Waals surface area contributed by atoms with Crippen LogP contribution in [0.5, 0.6) is 0 Å². The number of nitrogens with zero attached hydrogens (tertiary/aromatic N) is 1. The van der Waals surface area contributed by atoms with Gasteiger partial charge in [-0.3, -0.25) is 0 Å². The fourth-order valence-electron chi connectivity index (χ4n) is 8.59. The number of nitrogens with one attached hydrogen (secondary N) is 1. The molecular weight excluding hydrogens is 675 g/mol. The average molecular weight is 712 g/mol. The third kappa shape index (κ3) is 4.91. The maximum absolute atomic E-state index is 5.81. The van der Waals surface area contributed by atoms with E-state index in [4.69, 9.17) is 5.73 Å². The van der Waals surface area contributed by atoms with E-state index in [-0.39, 0.29) is 0 Å². The molecule has 0 bridgehead atoms. The van der Waals surface area contributed by atoms with Crippen molar-refractivity contribution >= 4 is 50.6 Å². The van der Waals surface area contributed by atoms with E-state index in [0.29, 0.717) is 0 Å². The molecule has 8 aromatic carbocycles. The van der Waals surface area contributed by atoms with Crippen molar-refractivity contribution in [3.63, 3.8) is 0 Å². The molecule has 3 N–H and O–H groups in total. The van der Waals surface area contributed by atoms with Crippen molar-refractivity contribution in [2.45, 2.75) is 22.1 Å². The van der Waals surface area contributed by atoms with Gasteiger partial charge in [-0.15, -0.1) is 0 Å². The van der Waals surface area contributed by atoms with Gasteiger partial charge in [-0.05, 0) is 82.8 Å². The molecule has 0 amide bonds. The van der Waals surface area contributed by atoms with Crippen molar-refractivity contribution in [1.82, 2.24) is 4.57 Å². The van der Waals surface area contributed by atoms with Gasteiger partial charge < -0.3 is 15.6 Å². The van der Waals surface area contributed by atoms with Gasteiger partial charge in [0, 0.05) is 26.3 Å². The number of hydrogen-bond acceptors (Lipinski definition) is 3. The lowest BCUT2D eigenvalue weighted by Gasteiger charge is -2.45. The standard InChI is InChI=1S/C38H25NS.C12H12N2/c1-24-20-22-25(23-21-24)26-11-8-16-32-37(26)40-35-19-7-4-14-30(35)38(32)29-13-3-6-18-34(29)39-33-17-5-2-10-27(33)28-12-9-15-31(38)36(28)39;13-11-8-4-5-9-12(11)14-10-6-2-1-3-7-10/h2-23H,1H3;1-9,14H,13H2. The highest BCUT2D eigenvalue weighted by Crippen LogP contribution is 2.61. The molecule has 4 heteroatoms. The normalized spacial score (nSPS) is 14.8. The fourth-order valence-corrected chi connectivity index (χ4v) is 9.92. The van der Waals surface area contributed by atoms with Crippen LogP contribution < -0.4 is 11.1 Å². The molecule has 0 saturated carbocycles. The Kier molecular flexibility index (Phi) is 7.67. The number of nitrogen functional groups attached to an aromatic ring is 1. The molecule has 1 unspecified atom stereocenters. The Morgan fingerprint density at radius 3 is 2.04 bits per heavy atom. The lowest BCUT2D eigenvalue weighted by Crippen LogP contribution is -2.37. The minimum Gasteiger partial charge on any atom is -0.397 e. The van der Waals surface area contributed by atoms with Crippen molar-refractivity contribution in [2.75, 3.05) is 11.1 Å². The summed E-state index contributed by atoms with van der Waals surface area (Å²) in [6, 6.07) is 67.6. The summed E-state index contributed by atoms with van der Waals surface area (Å²) < 4.78 is 2.51. The van der Waals surface area contributed by atoms with Crippen LogP contribution in [0.4, 0.5) is 17.1 Å². The summed E-state index contributed by atoms with van der Waals surface area (Å²) >= 11 is 1.92. The van der Waals surface area contributed by atoms with Gasteiger partial charge in [0.05, 0.1) is 33.5 Å². The Labute approximate surface area is 319 Å². The SMILES string of the molecule is Cc1ccc(-c2cccc3c2Sc2ccccc2C32c3ccccc3-n3c4ccccc4c4cccc2c43)cc1.Nc1ccccc1Nc1ccccc1. The molecule has 1 atom stereocenters. The van der Waals surface area contributed by atoms with Crippen LogP contribution >= 0.6 is 11.8 Å². The second kappa shape index (κ2) is 12.9. The maximum Gasteiger partial charge on any atom is 0.0764 e. The van der Waals surface area contributed by atoms with Crippen LogP contribution in [0.3, 0.4) is 0 Å². The number of nitrogens with two attached hydrogens (primary N) is 1.